The van der Waals surface area contributed by atoms with E-state index in [1.807, 2.05) is 0 Å². The van der Waals surface area contributed by atoms with Crippen molar-refractivity contribution >= 4 is 37.9 Å². The molecule has 1 rings (SSSR count). The van der Waals surface area contributed by atoms with E-state index < -0.39 is 32.0 Å². The van der Waals surface area contributed by atoms with Crippen LogP contribution < -0.4 is 5.32 Å². The first kappa shape index (κ1) is 27.0. The monoisotopic (exact) mass is 461 g/mol. The molecule has 0 bridgehead atoms. The summed E-state index contributed by atoms with van der Waals surface area (Å²) in [4.78, 5) is 36.4. The molecule has 0 saturated heterocycles. The number of hydrogen-bond donors (Lipinski definition) is 1. The van der Waals surface area contributed by atoms with E-state index in [9.17, 15) is 14.4 Å². The third kappa shape index (κ3) is 8.59. The van der Waals surface area contributed by atoms with Gasteiger partial charge in [0.25, 0.3) is 0 Å². The number of rotatable bonds is 7. The van der Waals surface area contributed by atoms with Gasteiger partial charge in [0, 0.05) is 23.8 Å². The van der Waals surface area contributed by atoms with Crippen LogP contribution in [-0.4, -0.2) is 62.0 Å². The molecule has 1 amide bonds. The molecule has 1 N–H and O–H groups in total. The van der Waals surface area contributed by atoms with E-state index in [1.165, 1.54) is 18.9 Å². The quantitative estimate of drug-likeness (QED) is 0.446. The van der Waals surface area contributed by atoms with Gasteiger partial charge in [0.2, 0.25) is 0 Å². The summed E-state index contributed by atoms with van der Waals surface area (Å²) in [6.07, 6.45) is 0.892. The predicted octanol–water partition coefficient (Wildman–Crippen LogP) is 4.30. The minimum Gasteiger partial charge on any atom is -0.467 e. The maximum Gasteiger partial charge on any atom is 0.408 e. The fourth-order valence-electron chi connectivity index (χ4n) is 2.78. The summed E-state index contributed by atoms with van der Waals surface area (Å²) in [5.74, 6) is -0.0593. The van der Waals surface area contributed by atoms with Crippen LogP contribution in [0.2, 0.25) is 18.1 Å². The maximum absolute atomic E-state index is 12.2. The van der Waals surface area contributed by atoms with Crippen molar-refractivity contribution in [3.05, 3.63) is 0 Å². The molecule has 0 heterocycles. The Morgan fingerprint density at radius 3 is 2.30 bits per heavy atom. The number of carbonyl (C=O) groups is 3. The average Bonchev–Trinajstić information content (AvgIpc) is 2.57. The molecular weight excluding hydrogens is 422 g/mol. The summed E-state index contributed by atoms with van der Waals surface area (Å²) in [5.41, 5.74) is -0.671. The number of Topliss-reactive ketones (excluding diaryl/α,β-unsaturated/α-hetero) is 1. The Labute approximate surface area is 186 Å². The highest BCUT2D eigenvalue weighted by molar-refractivity contribution is 8.00. The number of esters is 1. The number of alkyl carbamates (subject to hydrolysis) is 1. The molecule has 30 heavy (non-hydrogen) atoms. The molecule has 9 heteroatoms. The summed E-state index contributed by atoms with van der Waals surface area (Å²) in [6, 6.07) is -0.861. The molecule has 3 atom stereocenters. The molecule has 1 saturated carbocycles. The lowest BCUT2D eigenvalue weighted by atomic mass is 9.96. The van der Waals surface area contributed by atoms with Crippen LogP contribution in [0.4, 0.5) is 4.79 Å². The third-order valence-electron chi connectivity index (χ3n) is 5.46. The summed E-state index contributed by atoms with van der Waals surface area (Å²) in [6.45, 7) is 16.2. The molecule has 0 aliphatic heterocycles. The minimum atomic E-state index is -2.00. The van der Waals surface area contributed by atoms with E-state index in [1.54, 1.807) is 20.8 Å². The number of ketones is 1. The van der Waals surface area contributed by atoms with Crippen LogP contribution >= 0.6 is 11.8 Å². The van der Waals surface area contributed by atoms with Gasteiger partial charge >= 0.3 is 12.1 Å². The van der Waals surface area contributed by atoms with Crippen molar-refractivity contribution in [1.29, 1.82) is 0 Å². The Kier molecular flexibility index (Phi) is 9.44. The Morgan fingerprint density at radius 1 is 1.20 bits per heavy atom. The number of amides is 1. The van der Waals surface area contributed by atoms with E-state index in [0.717, 1.165) is 0 Å². The second kappa shape index (κ2) is 10.5. The van der Waals surface area contributed by atoms with Gasteiger partial charge in [-0.05, 0) is 45.3 Å². The molecule has 0 aromatic rings. The van der Waals surface area contributed by atoms with Crippen LogP contribution in [0.15, 0.2) is 0 Å². The van der Waals surface area contributed by atoms with Crippen molar-refractivity contribution in [2.24, 2.45) is 0 Å². The molecule has 174 valence electrons. The van der Waals surface area contributed by atoms with Gasteiger partial charge < -0.3 is 19.2 Å². The van der Waals surface area contributed by atoms with Gasteiger partial charge in [-0.25, -0.2) is 9.59 Å². The number of methoxy groups -OCH3 is 1. The van der Waals surface area contributed by atoms with E-state index in [4.69, 9.17) is 13.9 Å². The highest BCUT2D eigenvalue weighted by Crippen LogP contribution is 2.40. The Hall–Kier alpha value is -1.06. The van der Waals surface area contributed by atoms with Crippen molar-refractivity contribution in [3.63, 3.8) is 0 Å². The highest BCUT2D eigenvalue weighted by Gasteiger charge is 2.42. The largest absolute Gasteiger partial charge is 0.467 e. The molecule has 1 fully saturated rings. The lowest BCUT2D eigenvalue weighted by molar-refractivity contribution is -0.142. The van der Waals surface area contributed by atoms with Crippen molar-refractivity contribution in [2.75, 3.05) is 12.9 Å². The molecule has 7 nitrogen and oxygen atoms in total. The van der Waals surface area contributed by atoms with Gasteiger partial charge in [-0.1, -0.05) is 20.8 Å². The van der Waals surface area contributed by atoms with Crippen LogP contribution in [0.1, 0.15) is 60.8 Å². The topological polar surface area (TPSA) is 90.9 Å². The highest BCUT2D eigenvalue weighted by atomic mass is 32.2. The first-order chi connectivity index (χ1) is 13.6. The van der Waals surface area contributed by atoms with Gasteiger partial charge in [-0.15, -0.1) is 0 Å². The molecule has 0 radical (unpaired) electrons. The number of ether oxygens (including phenoxy) is 2. The fraction of sp³-hybridized carbons (Fsp3) is 0.857. The Balaban J connectivity index is 2.85. The molecule has 0 aromatic carbocycles. The van der Waals surface area contributed by atoms with Gasteiger partial charge in [0.15, 0.2) is 8.32 Å². The van der Waals surface area contributed by atoms with Gasteiger partial charge in [-0.2, -0.15) is 11.8 Å². The third-order valence-corrected chi connectivity index (χ3v) is 11.4. The molecule has 0 aromatic heterocycles. The molecule has 1 aliphatic carbocycles. The van der Waals surface area contributed by atoms with Gasteiger partial charge in [-0.3, -0.25) is 4.79 Å². The SMILES string of the molecule is COC(=O)C(CSC1CC(=O)CCC1O[Si](C)(C)C(C)(C)C)NC(=O)OC(C)(C)C. The second-order valence-corrected chi connectivity index (χ2v) is 16.3. The predicted molar refractivity (Wildman–Crippen MR) is 122 cm³/mol. The molecule has 1 aliphatic rings. The smallest absolute Gasteiger partial charge is 0.408 e. The normalized spacial score (nSPS) is 21.7. The van der Waals surface area contributed by atoms with E-state index >= 15 is 0 Å². The van der Waals surface area contributed by atoms with Crippen LogP contribution in [0, 0.1) is 0 Å². The van der Waals surface area contributed by atoms with Crippen LogP contribution in [0.5, 0.6) is 0 Å². The van der Waals surface area contributed by atoms with E-state index in [-0.39, 0.29) is 27.9 Å². The van der Waals surface area contributed by atoms with Crippen molar-refractivity contribution < 1.29 is 28.3 Å². The Bertz CT molecular complexity index is 626. The van der Waals surface area contributed by atoms with Crippen molar-refractivity contribution in [2.45, 2.75) is 102 Å². The summed E-state index contributed by atoms with van der Waals surface area (Å²) in [5, 5.41) is 2.59. The van der Waals surface area contributed by atoms with Crippen LogP contribution in [0.25, 0.3) is 0 Å². The van der Waals surface area contributed by atoms with E-state index in [2.05, 4.69) is 39.2 Å². The zero-order valence-electron chi connectivity index (χ0n) is 19.9. The zero-order valence-corrected chi connectivity index (χ0v) is 21.7. The minimum absolute atomic E-state index is 0.0478. The lowest BCUT2D eigenvalue weighted by Gasteiger charge is -2.42. The zero-order chi connectivity index (χ0) is 23.3. The number of carbonyl (C=O) groups excluding carboxylic acids is 3. The van der Waals surface area contributed by atoms with Gasteiger partial charge in [0.05, 0.1) is 13.2 Å². The van der Waals surface area contributed by atoms with Crippen molar-refractivity contribution in [1.82, 2.24) is 5.32 Å². The summed E-state index contributed by atoms with van der Waals surface area (Å²) >= 11 is 1.48. The standard InChI is InChI=1S/C21H39NO6SSi/c1-20(2,3)27-19(25)22-15(18(24)26-7)13-29-17-12-14(23)10-11-16(17)28-30(8,9)21(4,5)6/h15-17H,10-13H2,1-9H3,(H,22,25). The molecule has 0 spiro atoms. The fourth-order valence-corrected chi connectivity index (χ4v) is 5.64. The van der Waals surface area contributed by atoms with Gasteiger partial charge in [0.1, 0.15) is 17.4 Å². The maximum atomic E-state index is 12.2. The number of nitrogens with one attached hydrogen (secondary N) is 1. The average molecular weight is 462 g/mol. The summed E-state index contributed by atoms with van der Waals surface area (Å²) < 4.78 is 16.7. The van der Waals surface area contributed by atoms with Crippen LogP contribution in [-0.2, 0) is 23.5 Å². The number of thioether (sulfide) groups is 1. The molecular formula is C21H39NO6SSi. The van der Waals surface area contributed by atoms with E-state index in [0.29, 0.717) is 19.3 Å². The number of hydrogen-bond acceptors (Lipinski definition) is 7. The second-order valence-electron chi connectivity index (χ2n) is 10.3. The Morgan fingerprint density at radius 2 is 1.80 bits per heavy atom. The first-order valence-corrected chi connectivity index (χ1v) is 14.4. The first-order valence-electron chi connectivity index (χ1n) is 10.4. The molecule has 3 unspecified atom stereocenters. The van der Waals surface area contributed by atoms with Crippen LogP contribution in [0.3, 0.4) is 0 Å². The van der Waals surface area contributed by atoms with Crippen molar-refractivity contribution in [3.8, 4) is 0 Å². The summed E-state index contributed by atoms with van der Waals surface area (Å²) in [7, 11) is -0.718. The lowest BCUT2D eigenvalue weighted by Crippen LogP contribution is -2.49.